The monoisotopic (exact) mass is 558 g/mol. The highest BCUT2D eigenvalue weighted by Crippen LogP contribution is 2.57. The molecule has 4 aliphatic rings. The van der Waals surface area contributed by atoms with Gasteiger partial charge in [0.2, 0.25) is 5.78 Å². The van der Waals surface area contributed by atoms with Gasteiger partial charge >= 0.3 is 0 Å². The molecule has 6 atom stereocenters. The zero-order valence-electron chi connectivity index (χ0n) is 21.8. The molecule has 2 saturated carbocycles. The van der Waals surface area contributed by atoms with E-state index in [1.807, 2.05) is 0 Å². The fourth-order valence-corrected chi connectivity index (χ4v) is 8.60. The third-order valence-corrected chi connectivity index (χ3v) is 10.4. The Balaban J connectivity index is 1.71. The number of nitrogens with two attached hydrogens (primary N) is 1. The summed E-state index contributed by atoms with van der Waals surface area (Å²) in [7, 11) is 2.99. The van der Waals surface area contributed by atoms with Crippen molar-refractivity contribution in [2.24, 2.45) is 17.6 Å². The molecule has 4 aliphatic carbocycles. The summed E-state index contributed by atoms with van der Waals surface area (Å²) in [6, 6.07) is 3.35. The van der Waals surface area contributed by atoms with Gasteiger partial charge < -0.3 is 31.3 Å². The van der Waals surface area contributed by atoms with Gasteiger partial charge in [0.05, 0.1) is 23.6 Å². The molecule has 0 spiro atoms. The van der Waals surface area contributed by atoms with Crippen molar-refractivity contribution < 1.29 is 39.9 Å². The van der Waals surface area contributed by atoms with Crippen LogP contribution in [0.4, 0.5) is 0 Å². The molecule has 0 aliphatic heterocycles. The highest BCUT2D eigenvalue weighted by molar-refractivity contribution is 7.99. The predicted molar refractivity (Wildman–Crippen MR) is 144 cm³/mol. The SMILES string of the molecule is CN(C)[C@@H]1C(=O)C(C(N)=O)=C(O)[C@@]2(O)C(=O)C3=C(O)c4c(O)cccc4[C@H](CSC4CCCCC4)C3C(O)C12. The van der Waals surface area contributed by atoms with E-state index in [1.165, 1.54) is 31.5 Å². The van der Waals surface area contributed by atoms with E-state index in [0.29, 0.717) is 16.6 Å². The number of primary amides is 1. The van der Waals surface area contributed by atoms with Crippen LogP contribution in [0.2, 0.25) is 0 Å². The van der Waals surface area contributed by atoms with Crippen molar-refractivity contribution in [1.82, 2.24) is 4.90 Å². The van der Waals surface area contributed by atoms with E-state index in [-0.39, 0.29) is 16.9 Å². The number of carbonyl (C=O) groups is 3. The number of phenols is 1. The second-order valence-corrected chi connectivity index (χ2v) is 12.5. The number of aliphatic hydroxyl groups is 4. The molecule has 0 radical (unpaired) electrons. The number of rotatable bonds is 5. The fourth-order valence-electron chi connectivity index (χ4n) is 7.06. The summed E-state index contributed by atoms with van der Waals surface area (Å²) in [5.41, 5.74) is 1.75. The van der Waals surface area contributed by atoms with Crippen LogP contribution in [0.15, 0.2) is 35.1 Å². The lowest BCUT2D eigenvalue weighted by atomic mass is 9.54. The van der Waals surface area contributed by atoms with Crippen LogP contribution in [0, 0.1) is 11.8 Å². The van der Waals surface area contributed by atoms with Crippen molar-refractivity contribution in [2.75, 3.05) is 19.8 Å². The van der Waals surface area contributed by atoms with Gasteiger partial charge in [0, 0.05) is 28.4 Å². The summed E-state index contributed by atoms with van der Waals surface area (Å²) >= 11 is 1.71. The Morgan fingerprint density at radius 3 is 2.41 bits per heavy atom. The number of amides is 1. The van der Waals surface area contributed by atoms with Gasteiger partial charge in [-0.3, -0.25) is 19.3 Å². The van der Waals surface area contributed by atoms with Crippen LogP contribution < -0.4 is 5.73 Å². The zero-order chi connectivity index (χ0) is 28.4. The molecule has 39 heavy (non-hydrogen) atoms. The highest BCUT2D eigenvalue weighted by atomic mass is 32.2. The normalized spacial score (nSPS) is 33.2. The van der Waals surface area contributed by atoms with E-state index in [9.17, 15) is 39.9 Å². The number of thioether (sulfide) groups is 1. The predicted octanol–water partition coefficient (Wildman–Crippen LogP) is 1.54. The summed E-state index contributed by atoms with van der Waals surface area (Å²) in [6.45, 7) is 0. The molecule has 3 unspecified atom stereocenters. The molecular formula is C28H34N2O8S. The number of nitrogens with zero attached hydrogens (tertiary/aromatic N) is 1. The summed E-state index contributed by atoms with van der Waals surface area (Å²) < 4.78 is 0. The molecule has 1 aromatic carbocycles. The van der Waals surface area contributed by atoms with Gasteiger partial charge in [-0.25, -0.2) is 0 Å². The molecule has 5 rings (SSSR count). The van der Waals surface area contributed by atoms with E-state index in [4.69, 9.17) is 5.73 Å². The number of Topliss-reactive ketones (excluding diaryl/α,β-unsaturated/α-hetero) is 2. The Kier molecular flexibility index (Phi) is 7.07. The third-order valence-electron chi connectivity index (χ3n) is 8.86. The van der Waals surface area contributed by atoms with E-state index in [1.54, 1.807) is 23.9 Å². The van der Waals surface area contributed by atoms with Crippen molar-refractivity contribution in [1.29, 1.82) is 0 Å². The molecule has 1 amide bonds. The molecule has 210 valence electrons. The second kappa shape index (κ2) is 9.96. The molecule has 10 nitrogen and oxygen atoms in total. The standard InChI is InChI=1S/C28H34N2O8S/c1-30(2)21-20-23(33)17-14(11-39-12-7-4-3-5-8-12)13-9-6-10-15(31)16(13)22(32)18(17)25(35)28(20,38)26(36)19(24(21)34)27(29)37/h6,9-10,12,14,17,20-21,23,31-33,36,38H,3-5,7-8,11H2,1-2H3,(H2,29,37)/t14-,17?,20?,21-,23?,28-/m0/s1. The van der Waals surface area contributed by atoms with Crippen LogP contribution in [-0.4, -0.2) is 90.8 Å². The Labute approximate surface area is 230 Å². The largest absolute Gasteiger partial charge is 0.508 e. The number of phenolic OH excluding ortho intramolecular Hbond substituents is 1. The maximum atomic E-state index is 14.2. The van der Waals surface area contributed by atoms with Crippen molar-refractivity contribution in [2.45, 2.75) is 61.0 Å². The first-order valence-corrected chi connectivity index (χ1v) is 14.2. The molecule has 1 aromatic rings. The number of hydrogen-bond acceptors (Lipinski definition) is 10. The Hall–Kier alpha value is -2.86. The minimum atomic E-state index is -2.91. The number of fused-ring (bicyclic) bond motifs is 3. The number of ketones is 2. The number of likely N-dealkylation sites (N-methyl/N-ethyl adjacent to an activating group) is 1. The number of benzene rings is 1. The van der Waals surface area contributed by atoms with Gasteiger partial charge in [-0.15, -0.1) is 0 Å². The smallest absolute Gasteiger partial charge is 0.255 e. The zero-order valence-corrected chi connectivity index (χ0v) is 22.6. The number of aliphatic hydroxyl groups excluding tert-OH is 3. The molecule has 0 bridgehead atoms. The topological polar surface area (TPSA) is 182 Å². The molecule has 2 fully saturated rings. The van der Waals surface area contributed by atoms with E-state index < -0.39 is 70.1 Å². The first kappa shape index (κ1) is 27.7. The average Bonchev–Trinajstić information content (AvgIpc) is 2.88. The van der Waals surface area contributed by atoms with Crippen LogP contribution >= 0.6 is 11.8 Å². The van der Waals surface area contributed by atoms with Gasteiger partial charge in [0.25, 0.3) is 5.91 Å². The Morgan fingerprint density at radius 1 is 1.13 bits per heavy atom. The van der Waals surface area contributed by atoms with Crippen molar-refractivity contribution in [3.05, 3.63) is 46.2 Å². The maximum absolute atomic E-state index is 14.2. The van der Waals surface area contributed by atoms with Crippen LogP contribution in [0.3, 0.4) is 0 Å². The molecule has 11 heteroatoms. The lowest BCUT2D eigenvalue weighted by Crippen LogP contribution is -2.70. The van der Waals surface area contributed by atoms with Gasteiger partial charge in [-0.05, 0) is 38.6 Å². The molecule has 7 N–H and O–H groups in total. The Morgan fingerprint density at radius 2 is 1.79 bits per heavy atom. The minimum Gasteiger partial charge on any atom is -0.508 e. The lowest BCUT2D eigenvalue weighted by molar-refractivity contribution is -0.169. The first-order chi connectivity index (χ1) is 18.4. The van der Waals surface area contributed by atoms with E-state index in [0.717, 1.165) is 25.7 Å². The van der Waals surface area contributed by atoms with E-state index in [2.05, 4.69) is 0 Å². The second-order valence-electron chi connectivity index (χ2n) is 11.2. The fraction of sp³-hybridized carbons (Fsp3) is 0.536. The summed E-state index contributed by atoms with van der Waals surface area (Å²) in [4.78, 5) is 41.1. The lowest BCUT2D eigenvalue weighted by Gasteiger charge is -2.54. The minimum absolute atomic E-state index is 0.0234. The number of hydrogen-bond donors (Lipinski definition) is 6. The first-order valence-electron chi connectivity index (χ1n) is 13.2. The molecular weight excluding hydrogens is 524 g/mol. The average molecular weight is 559 g/mol. The summed E-state index contributed by atoms with van der Waals surface area (Å²) in [5.74, 6) is -8.22. The van der Waals surface area contributed by atoms with Crippen LogP contribution in [0.1, 0.15) is 49.1 Å². The highest BCUT2D eigenvalue weighted by Gasteiger charge is 2.68. The molecule has 0 heterocycles. The van der Waals surface area contributed by atoms with Crippen molar-refractivity contribution >= 4 is 35.0 Å². The Bertz CT molecular complexity index is 1300. The third kappa shape index (κ3) is 4.01. The van der Waals surface area contributed by atoms with Gasteiger partial charge in [0.15, 0.2) is 11.4 Å². The quantitative estimate of drug-likeness (QED) is 0.290. The van der Waals surface area contributed by atoms with Crippen molar-refractivity contribution in [3.63, 3.8) is 0 Å². The summed E-state index contributed by atoms with van der Waals surface area (Å²) in [5, 5.41) is 57.2. The summed E-state index contributed by atoms with van der Waals surface area (Å²) in [6.07, 6.45) is 3.90. The van der Waals surface area contributed by atoms with Gasteiger partial charge in [-0.1, -0.05) is 31.4 Å². The van der Waals surface area contributed by atoms with Gasteiger partial charge in [-0.2, -0.15) is 11.8 Å². The maximum Gasteiger partial charge on any atom is 0.255 e. The van der Waals surface area contributed by atoms with Crippen LogP contribution in [0.25, 0.3) is 5.76 Å². The van der Waals surface area contributed by atoms with Crippen LogP contribution in [0.5, 0.6) is 5.75 Å². The van der Waals surface area contributed by atoms with Crippen LogP contribution in [-0.2, 0) is 14.4 Å². The molecule has 0 aromatic heterocycles. The van der Waals surface area contributed by atoms with E-state index >= 15 is 0 Å². The van der Waals surface area contributed by atoms with Gasteiger partial charge in [0.1, 0.15) is 22.8 Å². The molecule has 0 saturated heterocycles. The number of carbonyl (C=O) groups excluding carboxylic acids is 3. The van der Waals surface area contributed by atoms with Crippen molar-refractivity contribution in [3.8, 4) is 5.75 Å². The number of aromatic hydroxyl groups is 1.